The molecule has 0 N–H and O–H groups in total. The topological polar surface area (TPSA) is 90.2 Å². The van der Waals surface area contributed by atoms with Crippen LogP contribution in [0, 0.1) is 0 Å². The molecule has 1 saturated heterocycles. The first-order valence-corrected chi connectivity index (χ1v) is 10.9. The lowest BCUT2D eigenvalue weighted by Gasteiger charge is -2.38. The van der Waals surface area contributed by atoms with Gasteiger partial charge in [0, 0.05) is 24.0 Å². The molecule has 9 heteroatoms. The first kappa shape index (κ1) is 21.0. The lowest BCUT2D eigenvalue weighted by molar-refractivity contribution is 0.0599. The standard InChI is InChI=1S/C22H23N5O3S/c1-15-7-8-17(31-20-13-16(9-10-23-20)22(29)30-2)14-26(15)21(28)18-5-3-4-6-19(18)27-24-11-12-25-27/h3-6,9-13,15,17H,7-8,14H2,1-2H3/t15-,17-/m1/s1. The molecule has 8 nitrogen and oxygen atoms in total. The van der Waals surface area contributed by atoms with Gasteiger partial charge in [-0.05, 0) is 44.0 Å². The molecule has 1 aliphatic rings. The Morgan fingerprint density at radius 1 is 1.10 bits per heavy atom. The third kappa shape index (κ3) is 4.61. The molecular formula is C22H23N5O3S. The molecule has 2 aromatic heterocycles. The van der Waals surface area contributed by atoms with E-state index in [9.17, 15) is 9.59 Å². The minimum atomic E-state index is -0.387. The van der Waals surface area contributed by atoms with Gasteiger partial charge in [-0.2, -0.15) is 15.0 Å². The smallest absolute Gasteiger partial charge is 0.337 e. The molecule has 1 aromatic carbocycles. The van der Waals surface area contributed by atoms with Crippen molar-refractivity contribution in [1.82, 2.24) is 24.9 Å². The zero-order valence-corrected chi connectivity index (χ0v) is 18.2. The van der Waals surface area contributed by atoms with Crippen molar-refractivity contribution in [3.63, 3.8) is 0 Å². The maximum atomic E-state index is 13.5. The molecule has 0 saturated carbocycles. The van der Waals surface area contributed by atoms with Gasteiger partial charge in [-0.3, -0.25) is 4.79 Å². The molecule has 1 aliphatic heterocycles. The Labute approximate surface area is 184 Å². The Hall–Kier alpha value is -3.20. The number of hydrogen-bond acceptors (Lipinski definition) is 7. The summed E-state index contributed by atoms with van der Waals surface area (Å²) in [6, 6.07) is 10.9. The highest BCUT2D eigenvalue weighted by Crippen LogP contribution is 2.32. The molecule has 4 rings (SSSR count). The molecule has 1 fully saturated rings. The van der Waals surface area contributed by atoms with Gasteiger partial charge in [0.1, 0.15) is 0 Å². The largest absolute Gasteiger partial charge is 0.465 e. The summed E-state index contributed by atoms with van der Waals surface area (Å²) in [4.78, 5) is 33.0. The predicted molar refractivity (Wildman–Crippen MR) is 116 cm³/mol. The van der Waals surface area contributed by atoms with Crippen molar-refractivity contribution in [1.29, 1.82) is 0 Å². The van der Waals surface area contributed by atoms with Gasteiger partial charge < -0.3 is 9.64 Å². The van der Waals surface area contributed by atoms with Gasteiger partial charge in [-0.25, -0.2) is 9.78 Å². The van der Waals surface area contributed by atoms with E-state index >= 15 is 0 Å². The number of ether oxygens (including phenoxy) is 1. The van der Waals surface area contributed by atoms with Crippen LogP contribution in [0.2, 0.25) is 0 Å². The first-order chi connectivity index (χ1) is 15.1. The van der Waals surface area contributed by atoms with Crippen molar-refractivity contribution in [2.45, 2.75) is 36.1 Å². The summed E-state index contributed by atoms with van der Waals surface area (Å²) >= 11 is 1.58. The van der Waals surface area contributed by atoms with Crippen molar-refractivity contribution in [2.24, 2.45) is 0 Å². The highest BCUT2D eigenvalue weighted by atomic mass is 32.2. The predicted octanol–water partition coefficient (Wildman–Crippen LogP) is 3.23. The number of nitrogens with zero attached hydrogens (tertiary/aromatic N) is 5. The molecule has 3 heterocycles. The van der Waals surface area contributed by atoms with Crippen LogP contribution in [0.15, 0.2) is 60.0 Å². The van der Waals surface area contributed by atoms with Crippen LogP contribution in [0.5, 0.6) is 0 Å². The minimum absolute atomic E-state index is 0.0398. The number of likely N-dealkylation sites (tertiary alicyclic amines) is 1. The van der Waals surface area contributed by atoms with Gasteiger partial charge in [0.05, 0.1) is 41.3 Å². The Balaban J connectivity index is 1.53. The average molecular weight is 438 g/mol. The van der Waals surface area contributed by atoms with Crippen LogP contribution in [0.1, 0.15) is 40.5 Å². The summed E-state index contributed by atoms with van der Waals surface area (Å²) in [7, 11) is 1.36. The second kappa shape index (κ2) is 9.30. The van der Waals surface area contributed by atoms with Gasteiger partial charge in [0.15, 0.2) is 0 Å². The van der Waals surface area contributed by atoms with E-state index in [1.807, 2.05) is 29.2 Å². The molecule has 0 spiro atoms. The highest BCUT2D eigenvalue weighted by Gasteiger charge is 2.31. The van der Waals surface area contributed by atoms with Crippen LogP contribution >= 0.6 is 11.8 Å². The summed E-state index contributed by atoms with van der Waals surface area (Å²) in [5.41, 5.74) is 1.70. The number of esters is 1. The van der Waals surface area contributed by atoms with E-state index in [1.54, 1.807) is 42.5 Å². The summed E-state index contributed by atoms with van der Waals surface area (Å²) in [6.45, 7) is 2.67. The quantitative estimate of drug-likeness (QED) is 0.566. The fraction of sp³-hybridized carbons (Fsp3) is 0.318. The second-order valence-corrected chi connectivity index (χ2v) is 8.65. The summed E-state index contributed by atoms with van der Waals surface area (Å²) < 4.78 is 4.79. The van der Waals surface area contributed by atoms with Crippen molar-refractivity contribution in [3.05, 3.63) is 66.1 Å². The van der Waals surface area contributed by atoms with E-state index in [4.69, 9.17) is 4.74 Å². The van der Waals surface area contributed by atoms with Crippen molar-refractivity contribution in [3.8, 4) is 5.69 Å². The lowest BCUT2D eigenvalue weighted by atomic mass is 10.0. The van der Waals surface area contributed by atoms with Gasteiger partial charge >= 0.3 is 5.97 Å². The summed E-state index contributed by atoms with van der Waals surface area (Å²) in [5, 5.41) is 9.28. The van der Waals surface area contributed by atoms with Gasteiger partial charge in [-0.1, -0.05) is 12.1 Å². The normalized spacial score (nSPS) is 18.6. The van der Waals surface area contributed by atoms with E-state index in [1.165, 1.54) is 11.9 Å². The van der Waals surface area contributed by atoms with Crippen molar-refractivity contribution < 1.29 is 14.3 Å². The number of rotatable bonds is 5. The van der Waals surface area contributed by atoms with Crippen molar-refractivity contribution >= 4 is 23.6 Å². The molecule has 0 aliphatic carbocycles. The number of benzene rings is 1. The number of carbonyl (C=O) groups is 2. The zero-order chi connectivity index (χ0) is 21.8. The Kier molecular flexibility index (Phi) is 6.31. The van der Waals surface area contributed by atoms with Crippen LogP contribution in [0.4, 0.5) is 0 Å². The van der Waals surface area contributed by atoms with E-state index in [0.29, 0.717) is 23.4 Å². The van der Waals surface area contributed by atoms with E-state index in [-0.39, 0.29) is 23.2 Å². The van der Waals surface area contributed by atoms with Crippen LogP contribution < -0.4 is 0 Å². The second-order valence-electron chi connectivity index (χ2n) is 7.33. The van der Waals surface area contributed by atoms with E-state index < -0.39 is 0 Å². The van der Waals surface area contributed by atoms with Gasteiger partial charge in [0.2, 0.25) is 0 Å². The Morgan fingerprint density at radius 3 is 2.65 bits per heavy atom. The Bertz CT molecular complexity index is 1070. The molecule has 0 unspecified atom stereocenters. The molecule has 3 aromatic rings. The number of amides is 1. The fourth-order valence-electron chi connectivity index (χ4n) is 3.67. The van der Waals surface area contributed by atoms with Crippen LogP contribution in [0.25, 0.3) is 5.69 Å². The molecule has 31 heavy (non-hydrogen) atoms. The maximum Gasteiger partial charge on any atom is 0.337 e. The Morgan fingerprint density at radius 2 is 1.87 bits per heavy atom. The van der Waals surface area contributed by atoms with Crippen LogP contribution in [-0.4, -0.2) is 61.7 Å². The van der Waals surface area contributed by atoms with E-state index in [0.717, 1.165) is 17.9 Å². The zero-order valence-electron chi connectivity index (χ0n) is 17.3. The number of para-hydroxylation sites is 1. The number of carbonyl (C=O) groups excluding carboxylic acids is 2. The third-order valence-corrected chi connectivity index (χ3v) is 6.49. The minimum Gasteiger partial charge on any atom is -0.465 e. The van der Waals surface area contributed by atoms with Crippen LogP contribution in [0.3, 0.4) is 0 Å². The maximum absolute atomic E-state index is 13.5. The van der Waals surface area contributed by atoms with Gasteiger partial charge in [0.25, 0.3) is 5.91 Å². The summed E-state index contributed by atoms with van der Waals surface area (Å²) in [6.07, 6.45) is 6.64. The van der Waals surface area contributed by atoms with Crippen molar-refractivity contribution in [2.75, 3.05) is 13.7 Å². The van der Waals surface area contributed by atoms with Crippen LogP contribution in [-0.2, 0) is 4.74 Å². The fourth-order valence-corrected chi connectivity index (χ4v) is 4.81. The SMILES string of the molecule is COC(=O)c1ccnc(S[C@@H]2CC[C@@H](C)N(C(=O)c3ccccc3-n3nccn3)C2)c1. The number of piperidine rings is 1. The first-order valence-electron chi connectivity index (χ1n) is 10.0. The molecule has 0 bridgehead atoms. The highest BCUT2D eigenvalue weighted by molar-refractivity contribution is 7.99. The summed E-state index contributed by atoms with van der Waals surface area (Å²) in [5.74, 6) is -0.427. The number of hydrogen-bond donors (Lipinski definition) is 0. The average Bonchev–Trinajstić information content (AvgIpc) is 3.34. The van der Waals surface area contributed by atoms with E-state index in [2.05, 4.69) is 22.1 Å². The van der Waals surface area contributed by atoms with Gasteiger partial charge in [-0.15, -0.1) is 11.8 Å². The lowest BCUT2D eigenvalue weighted by Crippen LogP contribution is -2.46. The third-order valence-electron chi connectivity index (χ3n) is 5.31. The molecular weight excluding hydrogens is 414 g/mol. The molecule has 1 amide bonds. The number of aromatic nitrogens is 4. The monoisotopic (exact) mass is 437 g/mol. The number of methoxy groups -OCH3 is 1. The number of thioether (sulfide) groups is 1. The molecule has 0 radical (unpaired) electrons. The molecule has 160 valence electrons. The number of pyridine rings is 1. The molecule has 2 atom stereocenters.